The maximum absolute atomic E-state index is 12.5. The van der Waals surface area contributed by atoms with Gasteiger partial charge < -0.3 is 9.52 Å². The first kappa shape index (κ1) is 18.4. The fourth-order valence-electron chi connectivity index (χ4n) is 2.54. The number of amides is 1. The Balaban J connectivity index is 1.82. The number of aliphatic carboxylic acids is 1. The summed E-state index contributed by atoms with van der Waals surface area (Å²) >= 11 is 6.22. The van der Waals surface area contributed by atoms with E-state index in [4.69, 9.17) is 21.7 Å². The van der Waals surface area contributed by atoms with Crippen LogP contribution in [-0.2, 0) is 16.0 Å². The van der Waals surface area contributed by atoms with Crippen LogP contribution in [0.3, 0.4) is 0 Å². The van der Waals surface area contributed by atoms with Crippen molar-refractivity contribution in [1.29, 1.82) is 0 Å². The molecule has 1 aliphatic rings. The zero-order chi connectivity index (χ0) is 18.8. The van der Waals surface area contributed by atoms with Crippen LogP contribution in [0.2, 0.25) is 0 Å². The molecule has 0 radical (unpaired) electrons. The van der Waals surface area contributed by atoms with E-state index in [0.29, 0.717) is 16.4 Å². The molecule has 1 amide bonds. The summed E-state index contributed by atoms with van der Waals surface area (Å²) in [5.74, 6) is -0.296. The van der Waals surface area contributed by atoms with E-state index in [9.17, 15) is 9.59 Å². The molecule has 1 aromatic carbocycles. The van der Waals surface area contributed by atoms with Gasteiger partial charge in [-0.05, 0) is 31.0 Å². The summed E-state index contributed by atoms with van der Waals surface area (Å²) in [6, 6.07) is 10.7. The Morgan fingerprint density at radius 1 is 1.31 bits per heavy atom. The summed E-state index contributed by atoms with van der Waals surface area (Å²) in [5, 5.41) is 9.12. The molecule has 0 unspecified atom stereocenters. The first-order chi connectivity index (χ1) is 12.4. The monoisotopic (exact) mass is 387 g/mol. The topological polar surface area (TPSA) is 70.8 Å². The molecule has 1 N–H and O–H groups in total. The number of rotatable bonds is 5. The van der Waals surface area contributed by atoms with Crippen molar-refractivity contribution < 1.29 is 19.1 Å². The highest BCUT2D eigenvalue weighted by Crippen LogP contribution is 2.34. The van der Waals surface area contributed by atoms with Crippen LogP contribution in [0.15, 0.2) is 45.7 Å². The van der Waals surface area contributed by atoms with Crippen molar-refractivity contribution >= 4 is 46.3 Å². The highest BCUT2D eigenvalue weighted by Gasteiger charge is 2.38. The first-order valence-corrected chi connectivity index (χ1v) is 9.32. The number of furan rings is 1. The standard InChI is InChI=1S/C19H17NO4S2/c1-3-12-4-6-13(7-5-12)15-9-8-14(24-15)10-16-17(21)20(19(25)26-16)11(2)18(22)23/h4-11H,3H2,1-2H3,(H,22,23)/b16-10+/t11-/m1/s1. The van der Waals surface area contributed by atoms with E-state index in [2.05, 4.69) is 19.1 Å². The number of carboxylic acids is 1. The summed E-state index contributed by atoms with van der Waals surface area (Å²) in [5.41, 5.74) is 2.20. The molecule has 26 heavy (non-hydrogen) atoms. The second-order valence-electron chi connectivity index (χ2n) is 5.82. The van der Waals surface area contributed by atoms with Crippen LogP contribution in [0.4, 0.5) is 0 Å². The minimum atomic E-state index is -1.10. The maximum Gasteiger partial charge on any atom is 0.326 e. The molecule has 0 spiro atoms. The lowest BCUT2D eigenvalue weighted by Crippen LogP contribution is -2.41. The average Bonchev–Trinajstić information content (AvgIpc) is 3.19. The van der Waals surface area contributed by atoms with Crippen molar-refractivity contribution in [2.24, 2.45) is 0 Å². The molecule has 1 aromatic heterocycles. The number of thioether (sulfide) groups is 1. The quantitative estimate of drug-likeness (QED) is 0.613. The van der Waals surface area contributed by atoms with Gasteiger partial charge >= 0.3 is 5.97 Å². The molecule has 2 heterocycles. The molecular weight excluding hydrogens is 370 g/mol. The van der Waals surface area contributed by atoms with E-state index in [1.807, 2.05) is 18.2 Å². The van der Waals surface area contributed by atoms with E-state index < -0.39 is 17.9 Å². The number of benzene rings is 1. The van der Waals surface area contributed by atoms with Crippen molar-refractivity contribution in [2.45, 2.75) is 26.3 Å². The number of carboxylic acid groups (broad SMARTS) is 1. The Hall–Kier alpha value is -2.38. The van der Waals surface area contributed by atoms with Gasteiger partial charge in [-0.3, -0.25) is 9.69 Å². The predicted molar refractivity (Wildman–Crippen MR) is 106 cm³/mol. The van der Waals surface area contributed by atoms with Crippen LogP contribution in [0.5, 0.6) is 0 Å². The fraction of sp³-hybridized carbons (Fsp3) is 0.211. The zero-order valence-electron chi connectivity index (χ0n) is 14.3. The molecule has 1 atom stereocenters. The highest BCUT2D eigenvalue weighted by atomic mass is 32.2. The van der Waals surface area contributed by atoms with E-state index in [1.165, 1.54) is 12.5 Å². The molecule has 1 saturated heterocycles. The van der Waals surface area contributed by atoms with Crippen molar-refractivity contribution in [3.63, 3.8) is 0 Å². The van der Waals surface area contributed by atoms with Gasteiger partial charge in [0.25, 0.3) is 5.91 Å². The molecule has 0 bridgehead atoms. The number of aryl methyl sites for hydroxylation is 1. The molecule has 2 aromatic rings. The largest absolute Gasteiger partial charge is 0.480 e. The second-order valence-corrected chi connectivity index (χ2v) is 7.49. The molecule has 134 valence electrons. The second kappa shape index (κ2) is 7.47. The summed E-state index contributed by atoms with van der Waals surface area (Å²) in [6.07, 6.45) is 2.57. The SMILES string of the molecule is CCc1ccc(-c2ccc(/C=C3/SC(=S)N([C@H](C)C(=O)O)C3=O)o2)cc1. The summed E-state index contributed by atoms with van der Waals surface area (Å²) in [7, 11) is 0. The molecule has 0 aliphatic carbocycles. The third-order valence-electron chi connectivity index (χ3n) is 4.12. The van der Waals surface area contributed by atoms with Gasteiger partial charge in [0.05, 0.1) is 4.91 Å². The van der Waals surface area contributed by atoms with E-state index in [0.717, 1.165) is 28.6 Å². The van der Waals surface area contributed by atoms with Gasteiger partial charge in [-0.2, -0.15) is 0 Å². The van der Waals surface area contributed by atoms with Gasteiger partial charge in [0, 0.05) is 11.6 Å². The number of carbonyl (C=O) groups excluding carboxylic acids is 1. The van der Waals surface area contributed by atoms with Gasteiger partial charge in [0.1, 0.15) is 21.9 Å². The van der Waals surface area contributed by atoms with Crippen LogP contribution in [-0.4, -0.2) is 32.2 Å². The van der Waals surface area contributed by atoms with Gasteiger partial charge in [-0.25, -0.2) is 4.79 Å². The summed E-state index contributed by atoms with van der Waals surface area (Å²) < 4.78 is 6.05. The summed E-state index contributed by atoms with van der Waals surface area (Å²) in [6.45, 7) is 3.53. The van der Waals surface area contributed by atoms with Crippen LogP contribution in [0, 0.1) is 0 Å². The fourth-order valence-corrected chi connectivity index (χ4v) is 3.94. The molecule has 7 heteroatoms. The Kier molecular flexibility index (Phi) is 5.29. The van der Waals surface area contributed by atoms with Gasteiger partial charge in [-0.15, -0.1) is 0 Å². The van der Waals surface area contributed by atoms with Crippen LogP contribution >= 0.6 is 24.0 Å². The normalized spacial score (nSPS) is 17.2. The Morgan fingerprint density at radius 3 is 2.62 bits per heavy atom. The molecule has 1 aliphatic heterocycles. The molecule has 3 rings (SSSR count). The van der Waals surface area contributed by atoms with Gasteiger partial charge in [0.15, 0.2) is 0 Å². The van der Waals surface area contributed by atoms with E-state index in [1.54, 1.807) is 12.1 Å². The molecule has 0 saturated carbocycles. The smallest absolute Gasteiger partial charge is 0.326 e. The number of hydrogen-bond donors (Lipinski definition) is 1. The van der Waals surface area contributed by atoms with Crippen LogP contribution < -0.4 is 0 Å². The first-order valence-electron chi connectivity index (χ1n) is 8.09. The van der Waals surface area contributed by atoms with Gasteiger partial charge in [0.2, 0.25) is 0 Å². The summed E-state index contributed by atoms with van der Waals surface area (Å²) in [4.78, 5) is 25.1. The third-order valence-corrected chi connectivity index (χ3v) is 5.45. The molecule has 5 nitrogen and oxygen atoms in total. The third kappa shape index (κ3) is 3.59. The molecule has 1 fully saturated rings. The van der Waals surface area contributed by atoms with Crippen molar-refractivity contribution in [2.75, 3.05) is 0 Å². The number of carbonyl (C=O) groups is 2. The average molecular weight is 387 g/mol. The van der Waals surface area contributed by atoms with E-state index >= 15 is 0 Å². The van der Waals surface area contributed by atoms with Gasteiger partial charge in [-0.1, -0.05) is 55.2 Å². The van der Waals surface area contributed by atoms with E-state index in [-0.39, 0.29) is 4.32 Å². The Morgan fingerprint density at radius 2 is 2.00 bits per heavy atom. The lowest BCUT2D eigenvalue weighted by Gasteiger charge is -2.18. The Labute approximate surface area is 160 Å². The number of hydrogen-bond acceptors (Lipinski definition) is 5. The minimum Gasteiger partial charge on any atom is -0.480 e. The number of thiocarbonyl (C=S) groups is 1. The maximum atomic E-state index is 12.5. The van der Waals surface area contributed by atoms with Crippen molar-refractivity contribution in [1.82, 2.24) is 4.90 Å². The number of nitrogens with zero attached hydrogens (tertiary/aromatic N) is 1. The molecular formula is C19H17NO4S2. The van der Waals surface area contributed by atoms with Crippen LogP contribution in [0.1, 0.15) is 25.2 Å². The lowest BCUT2D eigenvalue weighted by atomic mass is 10.1. The lowest BCUT2D eigenvalue weighted by molar-refractivity contribution is -0.144. The van der Waals surface area contributed by atoms with Crippen molar-refractivity contribution in [3.8, 4) is 11.3 Å². The van der Waals surface area contributed by atoms with Crippen molar-refractivity contribution in [3.05, 3.63) is 52.6 Å². The minimum absolute atomic E-state index is 0.234. The Bertz CT molecular complexity index is 899. The predicted octanol–water partition coefficient (Wildman–Crippen LogP) is 4.18. The van der Waals surface area contributed by atoms with Crippen LogP contribution in [0.25, 0.3) is 17.4 Å². The highest BCUT2D eigenvalue weighted by molar-refractivity contribution is 8.26. The zero-order valence-corrected chi connectivity index (χ0v) is 15.9.